The number of benzene rings is 4. The summed E-state index contributed by atoms with van der Waals surface area (Å²) >= 11 is 0. The van der Waals surface area contributed by atoms with Crippen LogP contribution in [0.5, 0.6) is 0 Å². The van der Waals surface area contributed by atoms with Gasteiger partial charge in [0, 0.05) is 48.0 Å². The Bertz CT molecular complexity index is 1360. The third-order valence-corrected chi connectivity index (χ3v) is 5.90. The minimum absolute atomic E-state index is 0.0502. The Morgan fingerprint density at radius 2 is 0.973 bits per heavy atom. The Labute approximate surface area is 216 Å². The molecule has 0 saturated carbocycles. The topological polar surface area (TPSA) is 81.8 Å². The van der Waals surface area contributed by atoms with E-state index < -0.39 is 0 Å². The molecule has 0 aliphatic heterocycles. The highest BCUT2D eigenvalue weighted by Crippen LogP contribution is 2.18. The van der Waals surface area contributed by atoms with E-state index >= 15 is 0 Å². The summed E-state index contributed by atoms with van der Waals surface area (Å²) in [6.45, 7) is 0.0502. The van der Waals surface area contributed by atoms with Crippen molar-refractivity contribution in [3.8, 4) is 0 Å². The minimum Gasteiger partial charge on any atom is -0.376 e. The van der Waals surface area contributed by atoms with E-state index in [0.717, 1.165) is 17.1 Å². The second-order valence-electron chi connectivity index (χ2n) is 8.46. The van der Waals surface area contributed by atoms with Crippen LogP contribution < -0.4 is 20.4 Å². The SMILES string of the molecule is CN(C(=O)c1ccc(NCC(=O)Nc2ccc(C(=O)N(C)c3ccccc3)cc2)cc1)c1ccccc1. The number of amides is 3. The van der Waals surface area contributed by atoms with Crippen molar-refractivity contribution in [1.82, 2.24) is 0 Å². The number of carbonyl (C=O) groups excluding carboxylic acids is 3. The van der Waals surface area contributed by atoms with Crippen LogP contribution in [0, 0.1) is 0 Å². The molecule has 0 aromatic heterocycles. The Morgan fingerprint density at radius 1 is 0.568 bits per heavy atom. The lowest BCUT2D eigenvalue weighted by molar-refractivity contribution is -0.114. The molecule has 0 fully saturated rings. The van der Waals surface area contributed by atoms with Crippen molar-refractivity contribution in [2.75, 3.05) is 41.1 Å². The van der Waals surface area contributed by atoms with Gasteiger partial charge in [-0.1, -0.05) is 36.4 Å². The third-order valence-electron chi connectivity index (χ3n) is 5.90. The first kappa shape index (κ1) is 25.2. The van der Waals surface area contributed by atoms with E-state index in [9.17, 15) is 14.4 Å². The van der Waals surface area contributed by atoms with Crippen molar-refractivity contribution in [3.05, 3.63) is 120 Å². The largest absolute Gasteiger partial charge is 0.376 e. The molecule has 4 aromatic carbocycles. The molecular weight excluding hydrogens is 464 g/mol. The van der Waals surface area contributed by atoms with Gasteiger partial charge in [-0.3, -0.25) is 14.4 Å². The first-order valence-electron chi connectivity index (χ1n) is 11.8. The molecule has 2 N–H and O–H groups in total. The van der Waals surface area contributed by atoms with Crippen molar-refractivity contribution in [1.29, 1.82) is 0 Å². The quantitative estimate of drug-likeness (QED) is 0.350. The first-order valence-corrected chi connectivity index (χ1v) is 11.8. The Morgan fingerprint density at radius 3 is 1.41 bits per heavy atom. The van der Waals surface area contributed by atoms with Crippen LogP contribution in [0.4, 0.5) is 22.7 Å². The van der Waals surface area contributed by atoms with Crippen molar-refractivity contribution in [2.24, 2.45) is 0 Å². The Balaban J connectivity index is 1.28. The van der Waals surface area contributed by atoms with Crippen LogP contribution in [0.2, 0.25) is 0 Å². The molecule has 4 aromatic rings. The molecule has 0 bridgehead atoms. The fourth-order valence-electron chi connectivity index (χ4n) is 3.74. The Kier molecular flexibility index (Phi) is 7.95. The predicted molar refractivity (Wildman–Crippen MR) is 148 cm³/mol. The number of nitrogens with one attached hydrogen (secondary N) is 2. The van der Waals surface area contributed by atoms with Gasteiger partial charge in [-0.25, -0.2) is 0 Å². The zero-order chi connectivity index (χ0) is 26.2. The molecule has 0 spiro atoms. The summed E-state index contributed by atoms with van der Waals surface area (Å²) in [5, 5.41) is 5.87. The predicted octanol–water partition coefficient (Wildman–Crippen LogP) is 5.29. The van der Waals surface area contributed by atoms with Gasteiger partial charge in [-0.05, 0) is 72.8 Å². The van der Waals surface area contributed by atoms with Crippen LogP contribution >= 0.6 is 0 Å². The van der Waals surface area contributed by atoms with Crippen LogP contribution in [-0.2, 0) is 4.79 Å². The molecule has 7 heteroatoms. The van der Waals surface area contributed by atoms with E-state index in [1.165, 1.54) is 0 Å². The number of anilines is 4. The molecule has 37 heavy (non-hydrogen) atoms. The molecule has 4 rings (SSSR count). The van der Waals surface area contributed by atoms with Crippen LogP contribution in [0.15, 0.2) is 109 Å². The fourth-order valence-corrected chi connectivity index (χ4v) is 3.74. The lowest BCUT2D eigenvalue weighted by Crippen LogP contribution is -2.26. The molecule has 186 valence electrons. The van der Waals surface area contributed by atoms with Gasteiger partial charge in [0.1, 0.15) is 0 Å². The first-order chi connectivity index (χ1) is 17.9. The number of hydrogen-bond acceptors (Lipinski definition) is 4. The Hall–Kier alpha value is -4.91. The van der Waals surface area contributed by atoms with Crippen molar-refractivity contribution < 1.29 is 14.4 Å². The van der Waals surface area contributed by atoms with Gasteiger partial charge < -0.3 is 20.4 Å². The molecule has 0 aliphatic rings. The van der Waals surface area contributed by atoms with Crippen LogP contribution in [0.1, 0.15) is 20.7 Å². The zero-order valence-corrected chi connectivity index (χ0v) is 20.7. The molecular formula is C30H28N4O3. The molecule has 0 unspecified atom stereocenters. The normalized spacial score (nSPS) is 10.3. The van der Waals surface area contributed by atoms with Gasteiger partial charge in [-0.15, -0.1) is 0 Å². The number of para-hydroxylation sites is 2. The molecule has 0 saturated heterocycles. The van der Waals surface area contributed by atoms with Crippen molar-refractivity contribution in [2.45, 2.75) is 0 Å². The number of carbonyl (C=O) groups is 3. The number of hydrogen-bond donors (Lipinski definition) is 2. The number of rotatable bonds is 8. The molecule has 3 amide bonds. The maximum atomic E-state index is 12.7. The summed E-state index contributed by atoms with van der Waals surface area (Å²) in [6, 6.07) is 32.6. The summed E-state index contributed by atoms with van der Waals surface area (Å²) in [5.41, 5.74) is 4.00. The molecule has 7 nitrogen and oxygen atoms in total. The smallest absolute Gasteiger partial charge is 0.258 e. The van der Waals surface area contributed by atoms with Crippen LogP contribution in [-0.4, -0.2) is 38.4 Å². The van der Waals surface area contributed by atoms with Gasteiger partial charge in [0.2, 0.25) is 5.91 Å². The van der Waals surface area contributed by atoms with E-state index in [1.807, 2.05) is 60.7 Å². The van der Waals surface area contributed by atoms with E-state index in [4.69, 9.17) is 0 Å². The molecule has 0 radical (unpaired) electrons. The van der Waals surface area contributed by atoms with E-state index in [2.05, 4.69) is 10.6 Å². The van der Waals surface area contributed by atoms with Crippen molar-refractivity contribution >= 4 is 40.5 Å². The van der Waals surface area contributed by atoms with Gasteiger partial charge in [-0.2, -0.15) is 0 Å². The molecule has 0 atom stereocenters. The average Bonchev–Trinajstić information content (AvgIpc) is 2.96. The highest BCUT2D eigenvalue weighted by Gasteiger charge is 2.14. The van der Waals surface area contributed by atoms with Crippen LogP contribution in [0.25, 0.3) is 0 Å². The summed E-state index contributed by atoms with van der Waals surface area (Å²) < 4.78 is 0. The maximum Gasteiger partial charge on any atom is 0.258 e. The van der Waals surface area contributed by atoms with E-state index in [0.29, 0.717) is 16.8 Å². The third kappa shape index (κ3) is 6.41. The lowest BCUT2D eigenvalue weighted by Gasteiger charge is -2.17. The maximum absolute atomic E-state index is 12.7. The summed E-state index contributed by atoms with van der Waals surface area (Å²) in [5.74, 6) is -0.487. The fraction of sp³-hybridized carbons (Fsp3) is 0.100. The zero-order valence-electron chi connectivity index (χ0n) is 20.7. The standard InChI is InChI=1S/C30H28N4O3/c1-33(26-9-5-3-6-10-26)29(36)22-13-17-24(18-14-22)31-21-28(35)32-25-19-15-23(16-20-25)30(37)34(2)27-11-7-4-8-12-27/h3-20,31H,21H2,1-2H3,(H,32,35). The average molecular weight is 493 g/mol. The highest BCUT2D eigenvalue weighted by atomic mass is 16.2. The van der Waals surface area contributed by atoms with Gasteiger partial charge in [0.15, 0.2) is 0 Å². The van der Waals surface area contributed by atoms with Gasteiger partial charge >= 0.3 is 0 Å². The monoisotopic (exact) mass is 492 g/mol. The lowest BCUT2D eigenvalue weighted by atomic mass is 10.1. The van der Waals surface area contributed by atoms with Gasteiger partial charge in [0.25, 0.3) is 11.8 Å². The summed E-state index contributed by atoms with van der Waals surface area (Å²) in [4.78, 5) is 41.0. The second kappa shape index (κ2) is 11.7. The van der Waals surface area contributed by atoms with E-state index in [-0.39, 0.29) is 24.3 Å². The molecule has 0 heterocycles. The second-order valence-corrected chi connectivity index (χ2v) is 8.46. The van der Waals surface area contributed by atoms with Gasteiger partial charge in [0.05, 0.1) is 6.54 Å². The highest BCUT2D eigenvalue weighted by molar-refractivity contribution is 6.06. The number of nitrogens with zero attached hydrogens (tertiary/aromatic N) is 2. The minimum atomic E-state index is -0.232. The van der Waals surface area contributed by atoms with Crippen LogP contribution in [0.3, 0.4) is 0 Å². The van der Waals surface area contributed by atoms with Crippen molar-refractivity contribution in [3.63, 3.8) is 0 Å². The summed E-state index contributed by atoms with van der Waals surface area (Å²) in [6.07, 6.45) is 0. The van der Waals surface area contributed by atoms with E-state index in [1.54, 1.807) is 72.4 Å². The molecule has 0 aliphatic carbocycles. The summed E-state index contributed by atoms with van der Waals surface area (Å²) in [7, 11) is 3.46.